The Balaban J connectivity index is 1.97. The van der Waals surface area contributed by atoms with Gasteiger partial charge in [0.15, 0.2) is 5.58 Å². The smallest absolute Gasteiger partial charge is 0.212 e. The molecule has 3 nitrogen and oxygen atoms in total. The number of aromatic nitrogens is 1. The maximum atomic E-state index is 5.87. The van der Waals surface area contributed by atoms with Crippen molar-refractivity contribution in [3.63, 3.8) is 0 Å². The van der Waals surface area contributed by atoms with Gasteiger partial charge in [-0.2, -0.15) is 0 Å². The number of hydrogen-bond donors (Lipinski definition) is 1. The number of hydrogen-bond acceptors (Lipinski definition) is 3. The van der Waals surface area contributed by atoms with E-state index in [1.807, 2.05) is 18.2 Å². The van der Waals surface area contributed by atoms with E-state index in [4.69, 9.17) is 4.42 Å². The molecule has 0 bridgehead atoms. The Morgan fingerprint density at radius 3 is 3.12 bits per heavy atom. The molecule has 1 aliphatic heterocycles. The highest BCUT2D eigenvalue weighted by Gasteiger charge is 2.24. The lowest BCUT2D eigenvalue weighted by Gasteiger charge is -2.25. The molecule has 2 atom stereocenters. The fraction of sp³-hybridized carbons (Fsp3) is 0.462. The molecule has 1 N–H and O–H groups in total. The van der Waals surface area contributed by atoms with Gasteiger partial charge in [0.2, 0.25) is 5.89 Å². The predicted molar refractivity (Wildman–Crippen MR) is 70.9 cm³/mol. The topological polar surface area (TPSA) is 38.1 Å². The van der Waals surface area contributed by atoms with Gasteiger partial charge in [-0.05, 0) is 53.4 Å². The summed E-state index contributed by atoms with van der Waals surface area (Å²) in [7, 11) is 0. The minimum Gasteiger partial charge on any atom is -0.438 e. The van der Waals surface area contributed by atoms with Gasteiger partial charge >= 0.3 is 0 Å². The Hall–Kier alpha value is -0.870. The van der Waals surface area contributed by atoms with Crippen molar-refractivity contribution in [1.82, 2.24) is 10.3 Å². The van der Waals surface area contributed by atoms with E-state index in [1.54, 1.807) is 0 Å². The number of fused-ring (bicyclic) bond motifs is 1. The Labute approximate surface area is 109 Å². The maximum Gasteiger partial charge on any atom is 0.212 e. The van der Waals surface area contributed by atoms with E-state index in [0.717, 1.165) is 40.3 Å². The van der Waals surface area contributed by atoms with E-state index < -0.39 is 0 Å². The van der Waals surface area contributed by atoms with E-state index in [1.165, 1.54) is 6.42 Å². The second-order valence-corrected chi connectivity index (χ2v) is 5.63. The Morgan fingerprint density at radius 1 is 1.47 bits per heavy atom. The van der Waals surface area contributed by atoms with Crippen molar-refractivity contribution < 1.29 is 4.42 Å². The fourth-order valence-corrected chi connectivity index (χ4v) is 2.81. The first-order valence-corrected chi connectivity index (χ1v) is 6.81. The molecule has 1 aromatic carbocycles. The first-order chi connectivity index (χ1) is 8.24. The van der Waals surface area contributed by atoms with Crippen LogP contribution in [-0.4, -0.2) is 11.5 Å². The van der Waals surface area contributed by atoms with Crippen LogP contribution in [0, 0.1) is 5.92 Å². The molecule has 1 fully saturated rings. The van der Waals surface area contributed by atoms with Crippen LogP contribution in [-0.2, 0) is 0 Å². The van der Waals surface area contributed by atoms with Gasteiger partial charge in [0.1, 0.15) is 5.52 Å². The second-order valence-electron chi connectivity index (χ2n) is 4.78. The highest BCUT2D eigenvalue weighted by molar-refractivity contribution is 9.10. The molecule has 0 aliphatic carbocycles. The zero-order chi connectivity index (χ0) is 11.8. The lowest BCUT2D eigenvalue weighted by molar-refractivity contribution is 0.287. The van der Waals surface area contributed by atoms with Gasteiger partial charge in [0, 0.05) is 0 Å². The zero-order valence-corrected chi connectivity index (χ0v) is 11.3. The van der Waals surface area contributed by atoms with Crippen LogP contribution in [0.3, 0.4) is 0 Å². The Bertz CT molecular complexity index is 537. The molecule has 0 saturated carbocycles. The Morgan fingerprint density at radius 2 is 2.35 bits per heavy atom. The average molecular weight is 295 g/mol. The van der Waals surface area contributed by atoms with Crippen LogP contribution in [0.2, 0.25) is 0 Å². The summed E-state index contributed by atoms with van der Waals surface area (Å²) in [6.07, 6.45) is 2.34. The standard InChI is InChI=1S/C13H15BrN2O/c1-8-5-6-15-11(7-8)13-16-10-4-2-3-9(14)12(10)17-13/h2-4,8,11,15H,5-7H2,1H3. The van der Waals surface area contributed by atoms with E-state index in [-0.39, 0.29) is 6.04 Å². The molecule has 2 aromatic rings. The van der Waals surface area contributed by atoms with E-state index in [9.17, 15) is 0 Å². The van der Waals surface area contributed by atoms with Crippen LogP contribution in [0.4, 0.5) is 0 Å². The van der Waals surface area contributed by atoms with Crippen LogP contribution in [0.1, 0.15) is 31.7 Å². The molecule has 0 spiro atoms. The van der Waals surface area contributed by atoms with Gasteiger partial charge in [0.25, 0.3) is 0 Å². The van der Waals surface area contributed by atoms with Gasteiger partial charge in [-0.1, -0.05) is 13.0 Å². The van der Waals surface area contributed by atoms with E-state index in [2.05, 4.69) is 33.2 Å². The van der Waals surface area contributed by atoms with Crippen molar-refractivity contribution in [3.05, 3.63) is 28.6 Å². The molecule has 2 unspecified atom stereocenters. The number of piperidine rings is 1. The summed E-state index contributed by atoms with van der Waals surface area (Å²) in [4.78, 5) is 4.57. The van der Waals surface area contributed by atoms with Gasteiger partial charge in [-0.3, -0.25) is 0 Å². The van der Waals surface area contributed by atoms with Crippen molar-refractivity contribution in [1.29, 1.82) is 0 Å². The summed E-state index contributed by atoms with van der Waals surface area (Å²) in [6, 6.07) is 6.21. The monoisotopic (exact) mass is 294 g/mol. The van der Waals surface area contributed by atoms with Gasteiger partial charge in [-0.25, -0.2) is 4.98 Å². The number of nitrogens with zero attached hydrogens (tertiary/aromatic N) is 1. The van der Waals surface area contributed by atoms with Crippen molar-refractivity contribution in [2.75, 3.05) is 6.54 Å². The van der Waals surface area contributed by atoms with Crippen LogP contribution in [0.15, 0.2) is 27.1 Å². The third kappa shape index (κ3) is 2.11. The summed E-state index contributed by atoms with van der Waals surface area (Å²) >= 11 is 3.49. The van der Waals surface area contributed by atoms with Crippen molar-refractivity contribution in [2.45, 2.75) is 25.8 Å². The first-order valence-electron chi connectivity index (χ1n) is 6.02. The maximum absolute atomic E-state index is 5.87. The quantitative estimate of drug-likeness (QED) is 0.872. The van der Waals surface area contributed by atoms with Crippen LogP contribution < -0.4 is 5.32 Å². The number of nitrogens with one attached hydrogen (secondary N) is 1. The molecule has 2 heterocycles. The fourth-order valence-electron chi connectivity index (χ4n) is 2.38. The minimum atomic E-state index is 0.262. The molecular weight excluding hydrogens is 280 g/mol. The van der Waals surface area contributed by atoms with Crippen molar-refractivity contribution in [2.24, 2.45) is 5.92 Å². The number of oxazole rings is 1. The van der Waals surface area contributed by atoms with Crippen LogP contribution >= 0.6 is 15.9 Å². The molecule has 0 amide bonds. The van der Waals surface area contributed by atoms with Gasteiger partial charge < -0.3 is 9.73 Å². The van der Waals surface area contributed by atoms with E-state index >= 15 is 0 Å². The second kappa shape index (κ2) is 4.42. The summed E-state index contributed by atoms with van der Waals surface area (Å²) in [5, 5.41) is 3.47. The number of para-hydroxylation sites is 1. The lowest BCUT2D eigenvalue weighted by atomic mass is 9.94. The molecular formula is C13H15BrN2O. The Kier molecular flexibility index (Phi) is 2.92. The normalized spacial score (nSPS) is 25.3. The summed E-state index contributed by atoms with van der Waals surface area (Å²) in [5.74, 6) is 1.55. The largest absolute Gasteiger partial charge is 0.438 e. The average Bonchev–Trinajstić information content (AvgIpc) is 2.74. The summed E-state index contributed by atoms with van der Waals surface area (Å²) < 4.78 is 6.84. The minimum absolute atomic E-state index is 0.262. The van der Waals surface area contributed by atoms with Crippen LogP contribution in [0.25, 0.3) is 11.1 Å². The third-order valence-electron chi connectivity index (χ3n) is 3.35. The molecule has 3 rings (SSSR count). The highest BCUT2D eigenvalue weighted by atomic mass is 79.9. The first kappa shape index (κ1) is 11.2. The number of halogens is 1. The molecule has 0 radical (unpaired) electrons. The third-order valence-corrected chi connectivity index (χ3v) is 3.97. The summed E-state index contributed by atoms with van der Waals surface area (Å²) in [5.41, 5.74) is 1.77. The van der Waals surface area contributed by atoms with E-state index in [0.29, 0.717) is 0 Å². The predicted octanol–water partition coefficient (Wildman–Crippen LogP) is 3.65. The highest BCUT2D eigenvalue weighted by Crippen LogP contribution is 2.31. The molecule has 17 heavy (non-hydrogen) atoms. The van der Waals surface area contributed by atoms with Crippen LogP contribution in [0.5, 0.6) is 0 Å². The SMILES string of the molecule is CC1CCNC(c2nc3cccc(Br)c3o2)C1. The number of rotatable bonds is 1. The van der Waals surface area contributed by atoms with Crippen molar-refractivity contribution >= 4 is 27.0 Å². The molecule has 1 aliphatic rings. The molecule has 4 heteroatoms. The van der Waals surface area contributed by atoms with Crippen molar-refractivity contribution in [3.8, 4) is 0 Å². The zero-order valence-electron chi connectivity index (χ0n) is 9.74. The molecule has 1 saturated heterocycles. The lowest BCUT2D eigenvalue weighted by Crippen LogP contribution is -2.30. The van der Waals surface area contributed by atoms with Gasteiger partial charge in [0.05, 0.1) is 10.5 Å². The molecule has 90 valence electrons. The number of benzene rings is 1. The summed E-state index contributed by atoms with van der Waals surface area (Å²) in [6.45, 7) is 3.33. The van der Waals surface area contributed by atoms with Gasteiger partial charge in [-0.15, -0.1) is 0 Å². The molecule has 1 aromatic heterocycles.